The number of hydrogen-bond acceptors (Lipinski definition) is 3. The summed E-state index contributed by atoms with van der Waals surface area (Å²) >= 11 is 0. The van der Waals surface area contributed by atoms with E-state index < -0.39 is 11.6 Å². The Morgan fingerprint density at radius 1 is 1.08 bits per heavy atom. The lowest BCUT2D eigenvalue weighted by Crippen LogP contribution is -2.18. The van der Waals surface area contributed by atoms with Crippen LogP contribution < -0.4 is 10.1 Å². The molecule has 0 fully saturated rings. The number of carbonyl (C=O) groups excluding carboxylic acids is 2. The fraction of sp³-hybridized carbons (Fsp3) is 0.222. The third kappa shape index (κ3) is 4.62. The summed E-state index contributed by atoms with van der Waals surface area (Å²) in [5.41, 5.74) is 0.941. The van der Waals surface area contributed by atoms with Crippen molar-refractivity contribution in [2.75, 3.05) is 11.9 Å². The zero-order valence-electron chi connectivity index (χ0n) is 13.3. The molecule has 126 valence electrons. The Kier molecular flexibility index (Phi) is 5.63. The van der Waals surface area contributed by atoms with Crippen LogP contribution in [0.25, 0.3) is 0 Å². The highest BCUT2D eigenvalue weighted by Crippen LogP contribution is 2.18. The normalized spacial score (nSPS) is 10.5. The summed E-state index contributed by atoms with van der Waals surface area (Å²) in [6.07, 6.45) is 0. The van der Waals surface area contributed by atoms with Crippen molar-refractivity contribution in [3.05, 3.63) is 59.7 Å². The molecule has 0 aliphatic heterocycles. The van der Waals surface area contributed by atoms with E-state index in [2.05, 4.69) is 5.32 Å². The number of benzene rings is 2. The van der Waals surface area contributed by atoms with Crippen molar-refractivity contribution in [2.24, 2.45) is 5.92 Å². The molecule has 0 spiro atoms. The number of nitrogens with one attached hydrogen (secondary N) is 1. The van der Waals surface area contributed by atoms with Crippen LogP contribution in [-0.2, 0) is 4.79 Å². The average molecular weight is 333 g/mol. The van der Waals surface area contributed by atoms with E-state index in [-0.39, 0.29) is 30.0 Å². The Hall–Kier alpha value is -2.76. The van der Waals surface area contributed by atoms with Crippen molar-refractivity contribution in [3.8, 4) is 5.75 Å². The monoisotopic (exact) mass is 333 g/mol. The first kappa shape index (κ1) is 17.6. The summed E-state index contributed by atoms with van der Waals surface area (Å²) in [6.45, 7) is 3.18. The number of Topliss-reactive ketones (excluding diaryl/α,β-unsaturated/α-hetero) is 1. The Morgan fingerprint density at radius 3 is 2.33 bits per heavy atom. The lowest BCUT2D eigenvalue weighted by atomic mass is 10.1. The van der Waals surface area contributed by atoms with E-state index >= 15 is 0 Å². The molecule has 24 heavy (non-hydrogen) atoms. The molecule has 0 aliphatic rings. The molecule has 4 nitrogen and oxygen atoms in total. The maximum atomic E-state index is 13.4. The van der Waals surface area contributed by atoms with Crippen LogP contribution in [0.4, 0.5) is 14.5 Å². The zero-order chi connectivity index (χ0) is 17.7. The van der Waals surface area contributed by atoms with Gasteiger partial charge in [0.2, 0.25) is 5.91 Å². The van der Waals surface area contributed by atoms with Crippen LogP contribution in [0.1, 0.15) is 24.2 Å². The fourth-order valence-electron chi connectivity index (χ4n) is 1.84. The predicted octanol–water partition coefficient (Wildman–Crippen LogP) is 3.82. The van der Waals surface area contributed by atoms with Crippen molar-refractivity contribution in [2.45, 2.75) is 13.8 Å². The van der Waals surface area contributed by atoms with Gasteiger partial charge in [0.05, 0.1) is 0 Å². The average Bonchev–Trinajstić information content (AvgIpc) is 2.54. The maximum Gasteiger partial charge on any atom is 0.226 e. The minimum absolute atomic E-state index is 0.121. The van der Waals surface area contributed by atoms with Gasteiger partial charge in [0.1, 0.15) is 5.82 Å². The van der Waals surface area contributed by atoms with Gasteiger partial charge in [0.25, 0.3) is 0 Å². The number of halogens is 2. The molecule has 0 aromatic heterocycles. The molecular formula is C18H17F2NO3. The van der Waals surface area contributed by atoms with E-state index in [4.69, 9.17) is 4.74 Å². The smallest absolute Gasteiger partial charge is 0.226 e. The van der Waals surface area contributed by atoms with Crippen LogP contribution in [0.15, 0.2) is 42.5 Å². The molecule has 0 bridgehead atoms. The second kappa shape index (κ2) is 7.68. The van der Waals surface area contributed by atoms with Crippen molar-refractivity contribution in [3.63, 3.8) is 0 Å². The second-order valence-corrected chi connectivity index (χ2v) is 5.51. The SMILES string of the molecule is CC(C)C(=O)Nc1ccc(C(=O)COc2ccc(F)cc2F)cc1. The molecule has 2 rings (SSSR count). The largest absolute Gasteiger partial charge is 0.482 e. The first-order chi connectivity index (χ1) is 11.4. The molecule has 0 aliphatic carbocycles. The first-order valence-electron chi connectivity index (χ1n) is 7.39. The molecule has 1 N–H and O–H groups in total. The van der Waals surface area contributed by atoms with Crippen LogP contribution >= 0.6 is 0 Å². The maximum absolute atomic E-state index is 13.4. The number of ketones is 1. The molecule has 1 amide bonds. The van der Waals surface area contributed by atoms with E-state index in [1.54, 1.807) is 38.1 Å². The van der Waals surface area contributed by atoms with Crippen LogP contribution in [0.3, 0.4) is 0 Å². The second-order valence-electron chi connectivity index (χ2n) is 5.51. The highest BCUT2D eigenvalue weighted by molar-refractivity contribution is 5.98. The first-order valence-corrected chi connectivity index (χ1v) is 7.39. The van der Waals surface area contributed by atoms with Crippen LogP contribution in [0, 0.1) is 17.6 Å². The standard InChI is InChI=1S/C18H17F2NO3/c1-11(2)18(23)21-14-6-3-12(4-7-14)16(22)10-24-17-8-5-13(19)9-15(17)20/h3-9,11H,10H2,1-2H3,(H,21,23). The molecule has 0 radical (unpaired) electrons. The van der Waals surface area contributed by atoms with E-state index in [0.29, 0.717) is 17.3 Å². The molecular weight excluding hydrogens is 316 g/mol. The number of hydrogen-bond donors (Lipinski definition) is 1. The van der Waals surface area contributed by atoms with Crippen LogP contribution in [-0.4, -0.2) is 18.3 Å². The van der Waals surface area contributed by atoms with Gasteiger partial charge in [0, 0.05) is 23.2 Å². The van der Waals surface area contributed by atoms with Gasteiger partial charge in [-0.15, -0.1) is 0 Å². The number of rotatable bonds is 6. The fourth-order valence-corrected chi connectivity index (χ4v) is 1.84. The van der Waals surface area contributed by atoms with Gasteiger partial charge in [-0.3, -0.25) is 9.59 Å². The van der Waals surface area contributed by atoms with Gasteiger partial charge in [-0.2, -0.15) is 0 Å². The Morgan fingerprint density at radius 2 is 1.75 bits per heavy atom. The Labute approximate surface area is 138 Å². The quantitative estimate of drug-likeness (QED) is 0.818. The summed E-state index contributed by atoms with van der Waals surface area (Å²) in [6, 6.07) is 9.16. The van der Waals surface area contributed by atoms with Crippen molar-refractivity contribution in [1.82, 2.24) is 0 Å². The summed E-state index contributed by atoms with van der Waals surface area (Å²) in [4.78, 5) is 23.6. The van der Waals surface area contributed by atoms with Crippen molar-refractivity contribution in [1.29, 1.82) is 0 Å². The highest BCUT2D eigenvalue weighted by Gasteiger charge is 2.11. The summed E-state index contributed by atoms with van der Waals surface area (Å²) in [7, 11) is 0. The van der Waals surface area contributed by atoms with Gasteiger partial charge < -0.3 is 10.1 Å². The van der Waals surface area contributed by atoms with Gasteiger partial charge in [-0.05, 0) is 36.4 Å². The highest BCUT2D eigenvalue weighted by atomic mass is 19.1. The number of carbonyl (C=O) groups is 2. The number of anilines is 1. The molecule has 0 saturated carbocycles. The summed E-state index contributed by atoms with van der Waals surface area (Å²) in [5.74, 6) is -2.40. The minimum atomic E-state index is -0.866. The van der Waals surface area contributed by atoms with E-state index in [0.717, 1.165) is 12.1 Å². The van der Waals surface area contributed by atoms with Gasteiger partial charge >= 0.3 is 0 Å². The number of ether oxygens (including phenoxy) is 1. The van der Waals surface area contributed by atoms with E-state index in [9.17, 15) is 18.4 Å². The molecule has 0 atom stereocenters. The third-order valence-corrected chi connectivity index (χ3v) is 3.25. The molecule has 2 aromatic rings. The van der Waals surface area contributed by atoms with E-state index in [1.807, 2.05) is 0 Å². The lowest BCUT2D eigenvalue weighted by molar-refractivity contribution is -0.118. The van der Waals surface area contributed by atoms with Crippen molar-refractivity contribution >= 4 is 17.4 Å². The van der Waals surface area contributed by atoms with Crippen molar-refractivity contribution < 1.29 is 23.1 Å². The summed E-state index contributed by atoms with van der Waals surface area (Å²) < 4.78 is 31.3. The third-order valence-electron chi connectivity index (χ3n) is 3.25. The molecule has 6 heteroatoms. The van der Waals surface area contributed by atoms with Gasteiger partial charge in [-0.25, -0.2) is 8.78 Å². The molecule has 0 heterocycles. The Bertz CT molecular complexity index is 742. The van der Waals surface area contributed by atoms with Gasteiger partial charge in [-0.1, -0.05) is 13.8 Å². The van der Waals surface area contributed by atoms with Crippen LogP contribution in [0.5, 0.6) is 5.75 Å². The molecule has 0 saturated heterocycles. The van der Waals surface area contributed by atoms with Gasteiger partial charge in [0.15, 0.2) is 24.0 Å². The predicted molar refractivity (Wildman–Crippen MR) is 86.1 cm³/mol. The topological polar surface area (TPSA) is 55.4 Å². The van der Waals surface area contributed by atoms with Crippen LogP contribution in [0.2, 0.25) is 0 Å². The Balaban J connectivity index is 1.96. The minimum Gasteiger partial charge on any atom is -0.482 e. The zero-order valence-corrected chi connectivity index (χ0v) is 13.3. The molecule has 2 aromatic carbocycles. The number of amides is 1. The lowest BCUT2D eigenvalue weighted by Gasteiger charge is -2.09. The molecule has 0 unspecified atom stereocenters. The summed E-state index contributed by atoms with van der Waals surface area (Å²) in [5, 5.41) is 2.71. The van der Waals surface area contributed by atoms with E-state index in [1.165, 1.54) is 0 Å².